The highest BCUT2D eigenvalue weighted by Crippen LogP contribution is 2.31. The molecule has 0 amide bonds. The minimum Gasteiger partial charge on any atom is -0.358 e. The Kier molecular flexibility index (Phi) is 4.56. The van der Waals surface area contributed by atoms with Gasteiger partial charge >= 0.3 is 5.82 Å². The number of hydrogen-bond acceptors (Lipinski definition) is 7. The molecular weight excluding hydrogens is 396 g/mol. The molecular formula is C18H22N6O4S. The molecule has 1 aliphatic rings. The van der Waals surface area contributed by atoms with Gasteiger partial charge in [-0.05, 0) is 31.3 Å². The van der Waals surface area contributed by atoms with Gasteiger partial charge in [0.25, 0.3) is 0 Å². The Morgan fingerprint density at radius 3 is 2.76 bits per heavy atom. The highest BCUT2D eigenvalue weighted by Gasteiger charge is 2.32. The summed E-state index contributed by atoms with van der Waals surface area (Å²) in [6, 6.07) is 5.06. The molecule has 1 unspecified atom stereocenters. The van der Waals surface area contributed by atoms with Crippen molar-refractivity contribution >= 4 is 27.1 Å². The Labute approximate surface area is 167 Å². The van der Waals surface area contributed by atoms with Gasteiger partial charge < -0.3 is 15.0 Å². The zero-order chi connectivity index (χ0) is 20.9. The molecule has 10 nitrogen and oxygen atoms in total. The first-order chi connectivity index (χ1) is 13.7. The quantitative estimate of drug-likeness (QED) is 0.460. The van der Waals surface area contributed by atoms with Gasteiger partial charge in [0.1, 0.15) is 0 Å². The predicted octanol–water partition coefficient (Wildman–Crippen LogP) is 2.05. The molecule has 0 radical (unpaired) electrons. The smallest absolute Gasteiger partial charge is 0.358 e. The lowest BCUT2D eigenvalue weighted by Gasteiger charge is -2.17. The zero-order valence-corrected chi connectivity index (χ0v) is 17.3. The van der Waals surface area contributed by atoms with Crippen molar-refractivity contribution < 1.29 is 13.3 Å². The number of anilines is 1. The van der Waals surface area contributed by atoms with Crippen molar-refractivity contribution in [2.24, 2.45) is 0 Å². The summed E-state index contributed by atoms with van der Waals surface area (Å²) in [4.78, 5) is 17.4. The predicted molar refractivity (Wildman–Crippen MR) is 108 cm³/mol. The second-order valence-corrected chi connectivity index (χ2v) is 9.68. The summed E-state index contributed by atoms with van der Waals surface area (Å²) in [7, 11) is -1.26. The van der Waals surface area contributed by atoms with Crippen molar-refractivity contribution in [3.05, 3.63) is 51.5 Å². The van der Waals surface area contributed by atoms with E-state index in [1.165, 1.54) is 4.40 Å². The van der Waals surface area contributed by atoms with E-state index in [0.717, 1.165) is 17.0 Å². The number of sulfone groups is 1. The van der Waals surface area contributed by atoms with Crippen molar-refractivity contribution in [1.29, 1.82) is 0 Å². The Morgan fingerprint density at radius 2 is 2.10 bits per heavy atom. The summed E-state index contributed by atoms with van der Waals surface area (Å²) >= 11 is 0. The third kappa shape index (κ3) is 3.35. The summed E-state index contributed by atoms with van der Waals surface area (Å²) in [5, 5.41) is 16.2. The Morgan fingerprint density at radius 1 is 1.34 bits per heavy atom. The summed E-state index contributed by atoms with van der Waals surface area (Å²) in [5.74, 6) is 0.463. The number of nitrogens with zero attached hydrogens (tertiary/aromatic N) is 6. The van der Waals surface area contributed by atoms with Crippen LogP contribution in [0.25, 0.3) is 5.65 Å². The van der Waals surface area contributed by atoms with Gasteiger partial charge in [-0.3, -0.25) is 4.68 Å². The molecule has 0 saturated carbocycles. The minimum absolute atomic E-state index is 0.0901. The van der Waals surface area contributed by atoms with Crippen LogP contribution in [0.1, 0.15) is 29.4 Å². The van der Waals surface area contributed by atoms with Crippen LogP contribution in [0, 0.1) is 24.0 Å². The van der Waals surface area contributed by atoms with Crippen molar-refractivity contribution in [3.63, 3.8) is 0 Å². The fraction of sp³-hybridized carbons (Fsp3) is 0.444. The first kappa shape index (κ1) is 19.4. The minimum atomic E-state index is -3.02. The van der Waals surface area contributed by atoms with E-state index < -0.39 is 14.8 Å². The normalized spacial score (nSPS) is 18.4. The van der Waals surface area contributed by atoms with Gasteiger partial charge in [-0.2, -0.15) is 14.5 Å². The van der Waals surface area contributed by atoms with Crippen LogP contribution in [0.3, 0.4) is 0 Å². The molecule has 0 spiro atoms. The fourth-order valence-corrected chi connectivity index (χ4v) is 5.65. The first-order valence-electron chi connectivity index (χ1n) is 9.25. The van der Waals surface area contributed by atoms with Crippen molar-refractivity contribution in [1.82, 2.24) is 19.2 Å². The first-order valence-corrected chi connectivity index (χ1v) is 11.1. The molecule has 0 aromatic carbocycles. The van der Waals surface area contributed by atoms with Gasteiger partial charge in [-0.15, -0.1) is 0 Å². The monoisotopic (exact) mass is 418 g/mol. The molecule has 1 saturated heterocycles. The summed E-state index contributed by atoms with van der Waals surface area (Å²) in [6.07, 6.45) is 2.17. The van der Waals surface area contributed by atoms with Crippen LogP contribution in [-0.4, -0.2) is 51.1 Å². The van der Waals surface area contributed by atoms with Gasteiger partial charge in [-0.1, -0.05) is 6.07 Å². The van der Waals surface area contributed by atoms with Gasteiger partial charge in [0, 0.05) is 30.9 Å². The summed E-state index contributed by atoms with van der Waals surface area (Å²) < 4.78 is 26.9. The van der Waals surface area contributed by atoms with E-state index in [9.17, 15) is 18.5 Å². The summed E-state index contributed by atoms with van der Waals surface area (Å²) in [6.45, 7) is 4.16. The third-order valence-corrected chi connectivity index (χ3v) is 7.20. The van der Waals surface area contributed by atoms with Crippen LogP contribution >= 0.6 is 0 Å². The van der Waals surface area contributed by atoms with Crippen LogP contribution in [0.15, 0.2) is 24.4 Å². The number of nitro groups is 1. The van der Waals surface area contributed by atoms with Gasteiger partial charge in [0.15, 0.2) is 9.84 Å². The maximum atomic E-state index is 11.8. The van der Waals surface area contributed by atoms with E-state index in [1.807, 2.05) is 13.8 Å². The largest absolute Gasteiger partial charge is 0.372 e. The van der Waals surface area contributed by atoms with Gasteiger partial charge in [0.2, 0.25) is 11.5 Å². The molecule has 1 atom stereocenters. The zero-order valence-electron chi connectivity index (χ0n) is 16.4. The van der Waals surface area contributed by atoms with Crippen LogP contribution in [0.4, 0.5) is 11.6 Å². The SMILES string of the molecule is Cc1nn(C2CCS(=O)(=O)C2)c(C)c1CN(C)c1nc2ccccn2c1[N+](=O)[O-]. The molecule has 4 rings (SSSR count). The lowest BCUT2D eigenvalue weighted by atomic mass is 10.1. The van der Waals surface area contributed by atoms with Crippen molar-refractivity contribution in [3.8, 4) is 0 Å². The second kappa shape index (κ2) is 6.83. The molecule has 1 fully saturated rings. The van der Waals surface area contributed by atoms with Crippen LogP contribution < -0.4 is 4.90 Å². The Hall–Kier alpha value is -2.95. The highest BCUT2D eigenvalue weighted by molar-refractivity contribution is 7.91. The lowest BCUT2D eigenvalue weighted by Crippen LogP contribution is -2.19. The number of aryl methyl sites for hydroxylation is 1. The maximum Gasteiger partial charge on any atom is 0.372 e. The second-order valence-electron chi connectivity index (χ2n) is 7.45. The van der Waals surface area contributed by atoms with E-state index >= 15 is 0 Å². The molecule has 3 aromatic rings. The van der Waals surface area contributed by atoms with Gasteiger partial charge in [0.05, 0.1) is 29.4 Å². The molecule has 0 bridgehead atoms. The molecule has 3 aromatic heterocycles. The molecule has 1 aliphatic heterocycles. The topological polar surface area (TPSA) is 116 Å². The van der Waals surface area contributed by atoms with Crippen molar-refractivity contribution in [2.45, 2.75) is 32.9 Å². The molecule has 29 heavy (non-hydrogen) atoms. The van der Waals surface area contributed by atoms with E-state index in [2.05, 4.69) is 10.1 Å². The molecule has 0 aliphatic carbocycles. The fourth-order valence-electron chi connectivity index (χ4n) is 3.96. The Balaban J connectivity index is 1.68. The summed E-state index contributed by atoms with van der Waals surface area (Å²) in [5.41, 5.74) is 3.08. The highest BCUT2D eigenvalue weighted by atomic mass is 32.2. The Bertz CT molecular complexity index is 1210. The lowest BCUT2D eigenvalue weighted by molar-refractivity contribution is -0.389. The van der Waals surface area contributed by atoms with Crippen molar-refractivity contribution in [2.75, 3.05) is 23.5 Å². The molecule has 11 heteroatoms. The number of imidazole rings is 1. The maximum absolute atomic E-state index is 11.8. The van der Waals surface area contributed by atoms with E-state index in [0.29, 0.717) is 18.6 Å². The van der Waals surface area contributed by atoms with E-state index in [1.54, 1.807) is 41.0 Å². The van der Waals surface area contributed by atoms with Gasteiger partial charge in [-0.25, -0.2) is 8.42 Å². The van der Waals surface area contributed by atoms with Crippen LogP contribution in [-0.2, 0) is 16.4 Å². The van der Waals surface area contributed by atoms with Crippen LogP contribution in [0.5, 0.6) is 0 Å². The van der Waals surface area contributed by atoms with Crippen LogP contribution in [0.2, 0.25) is 0 Å². The van der Waals surface area contributed by atoms with E-state index in [-0.39, 0.29) is 29.2 Å². The third-order valence-electron chi connectivity index (χ3n) is 5.45. The van der Waals surface area contributed by atoms with E-state index in [4.69, 9.17) is 0 Å². The molecule has 0 N–H and O–H groups in total. The average molecular weight is 418 g/mol. The number of aromatic nitrogens is 4. The number of pyridine rings is 1. The molecule has 154 valence electrons. The number of fused-ring (bicyclic) bond motifs is 1. The average Bonchev–Trinajstić information content (AvgIpc) is 3.30. The number of hydrogen-bond donors (Lipinski definition) is 0. The standard InChI is InChI=1S/C18H22N6O4S/c1-12-15(13(2)23(20-12)14-7-9-29(27,28)11-14)10-21(3)17-18(24(25)26)22-8-5-4-6-16(22)19-17/h4-6,8,14H,7,9-11H2,1-3H3. The molecule has 4 heterocycles. The number of rotatable bonds is 5.